The quantitative estimate of drug-likeness (QED) is 0.557. The van der Waals surface area contributed by atoms with Gasteiger partial charge in [-0.25, -0.2) is 0 Å². The molecule has 1 rings (SSSR count). The monoisotopic (exact) mass is 212 g/mol. The summed E-state index contributed by atoms with van der Waals surface area (Å²) in [4.78, 5) is 10.9. The molecule has 4 nitrogen and oxygen atoms in total. The van der Waals surface area contributed by atoms with E-state index in [1.165, 1.54) is 0 Å². The highest BCUT2D eigenvalue weighted by Gasteiger charge is 2.61. The van der Waals surface area contributed by atoms with E-state index in [1.807, 2.05) is 32.7 Å². The fourth-order valence-electron chi connectivity index (χ4n) is 1.98. The van der Waals surface area contributed by atoms with Crippen LogP contribution < -0.4 is 0 Å². The lowest BCUT2D eigenvalue weighted by Crippen LogP contribution is -2.16. The van der Waals surface area contributed by atoms with Gasteiger partial charge in [-0.1, -0.05) is 13.8 Å². The van der Waals surface area contributed by atoms with Crippen molar-refractivity contribution in [3.05, 3.63) is 0 Å². The van der Waals surface area contributed by atoms with Crippen LogP contribution in [0.2, 0.25) is 0 Å². The van der Waals surface area contributed by atoms with Crippen molar-refractivity contribution in [3.63, 3.8) is 0 Å². The number of carboxylic acids is 1. The largest absolute Gasteiger partial charge is 0.481 e. The van der Waals surface area contributed by atoms with Crippen LogP contribution in [0, 0.1) is 17.3 Å². The van der Waals surface area contributed by atoms with Crippen molar-refractivity contribution in [1.29, 1.82) is 0 Å². The van der Waals surface area contributed by atoms with Gasteiger partial charge in [-0.05, 0) is 19.3 Å². The van der Waals surface area contributed by atoms with Gasteiger partial charge in [-0.3, -0.25) is 9.80 Å². The first kappa shape index (κ1) is 12.0. The highest BCUT2D eigenvalue weighted by molar-refractivity contribution is 5.84. The molecule has 4 heteroatoms. The van der Waals surface area contributed by atoms with E-state index < -0.39 is 5.97 Å². The molecular formula is C11H20N2O2. The number of carboxylic acid groups (broad SMARTS) is 1. The van der Waals surface area contributed by atoms with Crippen molar-refractivity contribution < 1.29 is 9.90 Å². The van der Waals surface area contributed by atoms with Crippen LogP contribution >= 0.6 is 0 Å². The van der Waals surface area contributed by atoms with E-state index in [4.69, 9.17) is 5.11 Å². The van der Waals surface area contributed by atoms with Gasteiger partial charge in [0.25, 0.3) is 0 Å². The van der Waals surface area contributed by atoms with Gasteiger partial charge < -0.3 is 5.11 Å². The number of hydrogen-bond acceptors (Lipinski definition) is 3. The number of rotatable bonds is 5. The third-order valence-electron chi connectivity index (χ3n) is 3.30. The minimum absolute atomic E-state index is 0.0793. The van der Waals surface area contributed by atoms with Gasteiger partial charge in [0.05, 0.1) is 5.92 Å². The smallest absolute Gasteiger partial charge is 0.307 e. The lowest BCUT2D eigenvalue weighted by atomic mass is 10.1. The molecule has 0 heterocycles. The first-order valence-corrected chi connectivity index (χ1v) is 5.47. The second-order valence-electron chi connectivity index (χ2n) is 4.57. The third-order valence-corrected chi connectivity index (χ3v) is 3.30. The Kier molecular flexibility index (Phi) is 3.37. The highest BCUT2D eigenvalue weighted by Crippen LogP contribution is 2.57. The summed E-state index contributed by atoms with van der Waals surface area (Å²) in [5.74, 6) is -0.900. The SMILES string of the molecule is CCN(CC)N=C[C@H]1[C@@H](C(=O)O)C1(C)C. The van der Waals surface area contributed by atoms with Crippen LogP contribution in [-0.2, 0) is 4.79 Å². The Hall–Kier alpha value is -1.06. The second-order valence-corrected chi connectivity index (χ2v) is 4.57. The predicted octanol–water partition coefficient (Wildman–Crippen LogP) is 1.67. The molecule has 0 saturated heterocycles. The molecule has 0 amide bonds. The lowest BCUT2D eigenvalue weighted by molar-refractivity contribution is -0.139. The van der Waals surface area contributed by atoms with Gasteiger partial charge in [0.2, 0.25) is 0 Å². The Morgan fingerprint density at radius 2 is 2.00 bits per heavy atom. The minimum atomic E-state index is -0.712. The van der Waals surface area contributed by atoms with Crippen molar-refractivity contribution in [1.82, 2.24) is 5.01 Å². The topological polar surface area (TPSA) is 52.9 Å². The number of nitrogens with zero attached hydrogens (tertiary/aromatic N) is 2. The average Bonchev–Trinajstić information content (AvgIpc) is 2.70. The molecule has 1 aliphatic carbocycles. The molecule has 0 aliphatic heterocycles. The number of hydrazone groups is 1. The Bertz CT molecular complexity index is 270. The zero-order valence-electron chi connectivity index (χ0n) is 9.90. The molecule has 1 aliphatic rings. The number of aliphatic carboxylic acids is 1. The molecule has 1 fully saturated rings. The molecule has 1 saturated carbocycles. The van der Waals surface area contributed by atoms with Crippen LogP contribution in [0.15, 0.2) is 5.10 Å². The van der Waals surface area contributed by atoms with Crippen LogP contribution in [0.3, 0.4) is 0 Å². The third kappa shape index (κ3) is 2.30. The summed E-state index contributed by atoms with van der Waals surface area (Å²) in [6.07, 6.45) is 1.80. The van der Waals surface area contributed by atoms with E-state index in [-0.39, 0.29) is 17.3 Å². The van der Waals surface area contributed by atoms with Crippen molar-refractivity contribution >= 4 is 12.2 Å². The summed E-state index contributed by atoms with van der Waals surface area (Å²) in [6.45, 7) is 9.74. The Labute approximate surface area is 91.0 Å². The van der Waals surface area contributed by atoms with Crippen LogP contribution in [0.25, 0.3) is 0 Å². The van der Waals surface area contributed by atoms with Gasteiger partial charge in [-0.15, -0.1) is 0 Å². The van der Waals surface area contributed by atoms with E-state index in [1.54, 1.807) is 6.21 Å². The predicted molar refractivity (Wildman–Crippen MR) is 59.8 cm³/mol. The molecule has 15 heavy (non-hydrogen) atoms. The first-order chi connectivity index (χ1) is 6.95. The van der Waals surface area contributed by atoms with Crippen molar-refractivity contribution in [2.75, 3.05) is 13.1 Å². The summed E-state index contributed by atoms with van der Waals surface area (Å²) < 4.78 is 0. The standard InChI is InChI=1S/C11H20N2O2/c1-5-13(6-2)12-7-8-9(10(14)15)11(8,3)4/h7-9H,5-6H2,1-4H3,(H,14,15)/t8-,9-/m0/s1. The Balaban J connectivity index is 2.58. The maximum atomic E-state index is 10.9. The zero-order chi connectivity index (χ0) is 11.6. The van der Waals surface area contributed by atoms with Crippen molar-refractivity contribution in [3.8, 4) is 0 Å². The second kappa shape index (κ2) is 4.21. The molecule has 0 unspecified atom stereocenters. The molecule has 2 atom stereocenters. The van der Waals surface area contributed by atoms with E-state index >= 15 is 0 Å². The molecule has 0 aromatic rings. The fraction of sp³-hybridized carbons (Fsp3) is 0.818. The molecule has 86 valence electrons. The summed E-state index contributed by atoms with van der Waals surface area (Å²) >= 11 is 0. The fourth-order valence-corrected chi connectivity index (χ4v) is 1.98. The first-order valence-electron chi connectivity index (χ1n) is 5.47. The van der Waals surface area contributed by atoms with Crippen molar-refractivity contribution in [2.45, 2.75) is 27.7 Å². The Morgan fingerprint density at radius 3 is 2.33 bits per heavy atom. The molecule has 0 aromatic carbocycles. The van der Waals surface area contributed by atoms with E-state index in [9.17, 15) is 4.79 Å². The van der Waals surface area contributed by atoms with E-state index in [0.717, 1.165) is 13.1 Å². The highest BCUT2D eigenvalue weighted by atomic mass is 16.4. The minimum Gasteiger partial charge on any atom is -0.481 e. The van der Waals surface area contributed by atoms with Crippen LogP contribution in [0.4, 0.5) is 0 Å². The molecule has 0 aromatic heterocycles. The van der Waals surface area contributed by atoms with E-state index in [2.05, 4.69) is 5.10 Å². The normalized spacial score (nSPS) is 28.0. The van der Waals surface area contributed by atoms with Crippen LogP contribution in [0.1, 0.15) is 27.7 Å². The summed E-state index contributed by atoms with van der Waals surface area (Å²) in [5.41, 5.74) is -0.136. The maximum absolute atomic E-state index is 10.9. The summed E-state index contributed by atoms with van der Waals surface area (Å²) in [5, 5.41) is 15.2. The van der Waals surface area contributed by atoms with Crippen LogP contribution in [0.5, 0.6) is 0 Å². The molecule has 0 bridgehead atoms. The van der Waals surface area contributed by atoms with Gasteiger partial charge >= 0.3 is 5.97 Å². The summed E-state index contributed by atoms with van der Waals surface area (Å²) in [6, 6.07) is 0. The van der Waals surface area contributed by atoms with Crippen molar-refractivity contribution in [2.24, 2.45) is 22.4 Å². The summed E-state index contributed by atoms with van der Waals surface area (Å²) in [7, 11) is 0. The maximum Gasteiger partial charge on any atom is 0.307 e. The average molecular weight is 212 g/mol. The lowest BCUT2D eigenvalue weighted by Gasteiger charge is -2.13. The van der Waals surface area contributed by atoms with E-state index in [0.29, 0.717) is 0 Å². The number of hydrogen-bond donors (Lipinski definition) is 1. The molecule has 0 radical (unpaired) electrons. The Morgan fingerprint density at radius 1 is 1.47 bits per heavy atom. The molecule has 1 N–H and O–H groups in total. The van der Waals surface area contributed by atoms with Gasteiger partial charge in [0, 0.05) is 25.2 Å². The number of carbonyl (C=O) groups is 1. The molecular weight excluding hydrogens is 192 g/mol. The van der Waals surface area contributed by atoms with Crippen LogP contribution in [-0.4, -0.2) is 35.4 Å². The molecule has 0 spiro atoms. The van der Waals surface area contributed by atoms with Gasteiger partial charge in [0.15, 0.2) is 0 Å². The van der Waals surface area contributed by atoms with Gasteiger partial charge in [-0.2, -0.15) is 5.10 Å². The zero-order valence-corrected chi connectivity index (χ0v) is 9.90. The van der Waals surface area contributed by atoms with Gasteiger partial charge in [0.1, 0.15) is 0 Å².